The quantitative estimate of drug-likeness (QED) is 0.714. The Kier molecular flexibility index (Phi) is 4.20. The molecule has 0 saturated carbocycles. The summed E-state index contributed by atoms with van der Waals surface area (Å²) >= 11 is 0. The third-order valence-electron chi connectivity index (χ3n) is 3.34. The minimum atomic E-state index is -0.0436. The summed E-state index contributed by atoms with van der Waals surface area (Å²) in [5, 5.41) is 15.8. The first-order chi connectivity index (χ1) is 8.69. The summed E-state index contributed by atoms with van der Waals surface area (Å²) in [6.45, 7) is 3.04. The van der Waals surface area contributed by atoms with Crippen LogP contribution in [0.1, 0.15) is 31.7 Å². The number of hydrogen-bond donors (Lipinski definition) is 3. The number of nitrogens with one attached hydrogen (secondary N) is 2. The number of anilines is 1. The van der Waals surface area contributed by atoms with Gasteiger partial charge >= 0.3 is 0 Å². The van der Waals surface area contributed by atoms with Crippen LogP contribution in [0.4, 0.5) is 5.69 Å². The molecule has 1 heterocycles. The molecule has 1 saturated heterocycles. The molecule has 1 aromatic rings. The zero-order chi connectivity index (χ0) is 13.0. The fourth-order valence-electron chi connectivity index (χ4n) is 2.26. The van der Waals surface area contributed by atoms with E-state index >= 15 is 0 Å². The fraction of sp³-hybridized carbons (Fsp3) is 0.500. The summed E-state index contributed by atoms with van der Waals surface area (Å²) in [5.74, 6) is 0.0814. The van der Waals surface area contributed by atoms with Gasteiger partial charge in [0, 0.05) is 12.5 Å². The zero-order valence-electron chi connectivity index (χ0n) is 10.7. The maximum Gasteiger partial charge on any atom is 0.226 e. The zero-order valence-corrected chi connectivity index (χ0v) is 10.7. The first-order valence-corrected chi connectivity index (χ1v) is 6.54. The summed E-state index contributed by atoms with van der Waals surface area (Å²) < 4.78 is 0. The molecular formula is C14H20N2O2. The molecule has 0 aromatic heterocycles. The number of aryl methyl sites for hydroxylation is 1. The Morgan fingerprint density at radius 1 is 1.56 bits per heavy atom. The summed E-state index contributed by atoms with van der Waals surface area (Å²) in [7, 11) is 0. The highest BCUT2D eigenvalue weighted by Crippen LogP contribution is 2.25. The number of amides is 1. The second-order valence-corrected chi connectivity index (χ2v) is 4.75. The van der Waals surface area contributed by atoms with Gasteiger partial charge in [0.2, 0.25) is 5.91 Å². The van der Waals surface area contributed by atoms with Gasteiger partial charge in [-0.3, -0.25) is 4.79 Å². The van der Waals surface area contributed by atoms with Crippen molar-refractivity contribution in [2.45, 2.75) is 38.6 Å². The Bertz CT molecular complexity index is 426. The molecule has 1 fully saturated rings. The Morgan fingerprint density at radius 2 is 2.39 bits per heavy atom. The second-order valence-electron chi connectivity index (χ2n) is 4.75. The lowest BCUT2D eigenvalue weighted by Gasteiger charge is -2.12. The Labute approximate surface area is 107 Å². The highest BCUT2D eigenvalue weighted by molar-refractivity contribution is 5.92. The van der Waals surface area contributed by atoms with Crippen LogP contribution in [0, 0.1) is 0 Å². The van der Waals surface area contributed by atoms with Crippen molar-refractivity contribution in [1.82, 2.24) is 5.32 Å². The van der Waals surface area contributed by atoms with Crippen LogP contribution in [-0.2, 0) is 11.2 Å². The topological polar surface area (TPSA) is 61.4 Å². The van der Waals surface area contributed by atoms with Gasteiger partial charge in [0.05, 0.1) is 5.69 Å². The van der Waals surface area contributed by atoms with Gasteiger partial charge in [0.15, 0.2) is 0 Å². The molecule has 18 heavy (non-hydrogen) atoms. The van der Waals surface area contributed by atoms with Gasteiger partial charge in [-0.05, 0) is 43.5 Å². The molecule has 2 rings (SSSR count). The van der Waals surface area contributed by atoms with Crippen molar-refractivity contribution in [2.75, 3.05) is 11.9 Å². The van der Waals surface area contributed by atoms with Crippen molar-refractivity contribution >= 4 is 11.6 Å². The number of hydrogen-bond acceptors (Lipinski definition) is 3. The first kappa shape index (κ1) is 12.9. The van der Waals surface area contributed by atoms with Crippen LogP contribution < -0.4 is 10.6 Å². The number of phenolic OH excluding ortho intramolecular Hbond substituents is 1. The van der Waals surface area contributed by atoms with Gasteiger partial charge in [-0.1, -0.05) is 13.0 Å². The molecule has 3 N–H and O–H groups in total. The van der Waals surface area contributed by atoms with Gasteiger partial charge in [-0.15, -0.1) is 0 Å². The first-order valence-electron chi connectivity index (χ1n) is 6.54. The number of carbonyl (C=O) groups excluding carboxylic acids is 1. The normalized spacial score (nSPS) is 18.8. The summed E-state index contributed by atoms with van der Waals surface area (Å²) in [6.07, 6.45) is 3.53. The van der Waals surface area contributed by atoms with E-state index in [9.17, 15) is 9.90 Å². The lowest BCUT2D eigenvalue weighted by Crippen LogP contribution is -2.27. The molecule has 0 bridgehead atoms. The molecular weight excluding hydrogens is 228 g/mol. The van der Waals surface area contributed by atoms with Crippen LogP contribution in [0.15, 0.2) is 18.2 Å². The van der Waals surface area contributed by atoms with E-state index in [-0.39, 0.29) is 17.7 Å². The van der Waals surface area contributed by atoms with E-state index in [1.54, 1.807) is 6.07 Å². The molecule has 0 radical (unpaired) electrons. The van der Waals surface area contributed by atoms with Crippen LogP contribution in [0.5, 0.6) is 5.75 Å². The number of rotatable bonds is 4. The van der Waals surface area contributed by atoms with Crippen molar-refractivity contribution in [3.8, 4) is 5.75 Å². The van der Waals surface area contributed by atoms with Crippen LogP contribution in [-0.4, -0.2) is 23.6 Å². The van der Waals surface area contributed by atoms with Crippen molar-refractivity contribution < 1.29 is 9.90 Å². The molecule has 0 spiro atoms. The Hall–Kier alpha value is -1.55. The predicted octanol–water partition coefficient (Wildman–Crippen LogP) is 2.04. The lowest BCUT2D eigenvalue weighted by molar-refractivity contribution is -0.116. The largest absolute Gasteiger partial charge is 0.506 e. The van der Waals surface area contributed by atoms with Crippen molar-refractivity contribution in [3.63, 3.8) is 0 Å². The summed E-state index contributed by atoms with van der Waals surface area (Å²) in [6, 6.07) is 5.60. The molecule has 1 aliphatic rings. The van der Waals surface area contributed by atoms with Crippen molar-refractivity contribution in [1.29, 1.82) is 0 Å². The van der Waals surface area contributed by atoms with E-state index in [2.05, 4.69) is 10.6 Å². The minimum Gasteiger partial charge on any atom is -0.506 e. The van der Waals surface area contributed by atoms with Gasteiger partial charge in [-0.2, -0.15) is 0 Å². The molecule has 1 atom stereocenters. The molecule has 1 amide bonds. The standard InChI is InChI=1S/C14H20N2O2/c1-2-10-5-6-13(17)12(8-10)16-14(18)9-11-4-3-7-15-11/h5-6,8,11,15,17H,2-4,7,9H2,1H3,(H,16,18). The highest BCUT2D eigenvalue weighted by Gasteiger charge is 2.18. The number of aromatic hydroxyl groups is 1. The van der Waals surface area contributed by atoms with E-state index in [0.717, 1.165) is 31.4 Å². The SMILES string of the molecule is CCc1ccc(O)c(NC(=O)CC2CCCN2)c1. The summed E-state index contributed by atoms with van der Waals surface area (Å²) in [4.78, 5) is 11.9. The molecule has 0 aliphatic carbocycles. The maximum absolute atomic E-state index is 11.9. The van der Waals surface area contributed by atoms with E-state index in [1.165, 1.54) is 0 Å². The van der Waals surface area contributed by atoms with E-state index in [1.807, 2.05) is 19.1 Å². The number of benzene rings is 1. The molecule has 4 heteroatoms. The Balaban J connectivity index is 1.97. The van der Waals surface area contributed by atoms with Crippen LogP contribution >= 0.6 is 0 Å². The van der Waals surface area contributed by atoms with E-state index < -0.39 is 0 Å². The molecule has 1 unspecified atom stereocenters. The van der Waals surface area contributed by atoms with Crippen LogP contribution in [0.3, 0.4) is 0 Å². The van der Waals surface area contributed by atoms with Gasteiger partial charge in [0.25, 0.3) is 0 Å². The molecule has 1 aliphatic heterocycles. The third kappa shape index (κ3) is 3.23. The van der Waals surface area contributed by atoms with Crippen molar-refractivity contribution in [2.24, 2.45) is 0 Å². The monoisotopic (exact) mass is 248 g/mol. The maximum atomic E-state index is 11.9. The van der Waals surface area contributed by atoms with Gasteiger partial charge < -0.3 is 15.7 Å². The lowest BCUT2D eigenvalue weighted by atomic mass is 10.1. The van der Waals surface area contributed by atoms with Gasteiger partial charge in [0.1, 0.15) is 5.75 Å². The number of carbonyl (C=O) groups is 1. The predicted molar refractivity (Wildman–Crippen MR) is 71.8 cm³/mol. The molecule has 98 valence electrons. The average Bonchev–Trinajstić information content (AvgIpc) is 2.84. The van der Waals surface area contributed by atoms with Crippen molar-refractivity contribution in [3.05, 3.63) is 23.8 Å². The smallest absolute Gasteiger partial charge is 0.226 e. The molecule has 1 aromatic carbocycles. The average molecular weight is 248 g/mol. The van der Waals surface area contributed by atoms with Gasteiger partial charge in [-0.25, -0.2) is 0 Å². The number of phenols is 1. The van der Waals surface area contributed by atoms with Crippen LogP contribution in [0.2, 0.25) is 0 Å². The Morgan fingerprint density at radius 3 is 3.06 bits per heavy atom. The third-order valence-corrected chi connectivity index (χ3v) is 3.34. The molecule has 4 nitrogen and oxygen atoms in total. The van der Waals surface area contributed by atoms with E-state index in [4.69, 9.17) is 0 Å². The fourth-order valence-corrected chi connectivity index (χ4v) is 2.26. The van der Waals surface area contributed by atoms with Crippen LogP contribution in [0.25, 0.3) is 0 Å². The minimum absolute atomic E-state index is 0.0436. The highest BCUT2D eigenvalue weighted by atomic mass is 16.3. The van der Waals surface area contributed by atoms with E-state index in [0.29, 0.717) is 12.1 Å². The summed E-state index contributed by atoms with van der Waals surface area (Å²) in [5.41, 5.74) is 1.61. The second kappa shape index (κ2) is 5.87.